The first kappa shape index (κ1) is 21.4. The van der Waals surface area contributed by atoms with Crippen LogP contribution in [0.4, 0.5) is 0 Å². The Morgan fingerprint density at radius 1 is 0.818 bits per heavy atom. The topological polar surface area (TPSA) is 36.9 Å². The third-order valence-electron chi connectivity index (χ3n) is 2.87. The minimum atomic E-state index is -0.633. The van der Waals surface area contributed by atoms with Crippen molar-refractivity contribution in [3.63, 3.8) is 0 Å². The van der Waals surface area contributed by atoms with E-state index in [1.165, 1.54) is 0 Å². The molecule has 0 aliphatic carbocycles. The highest BCUT2D eigenvalue weighted by Crippen LogP contribution is 2.20. The second kappa shape index (κ2) is 8.31. The van der Waals surface area contributed by atoms with E-state index in [9.17, 15) is 0 Å². The molecule has 0 amide bonds. The Labute approximate surface area is 136 Å². The standard InChI is InChI=1S/C18H34O4/c1-11-18(10,22-21-17(7,8)9)13-12-14(2)15(3)19-20-16(4,5)6/h14-15H,11H2,1-10H3. The van der Waals surface area contributed by atoms with Gasteiger partial charge in [0.15, 0.2) is 5.60 Å². The lowest BCUT2D eigenvalue weighted by Crippen LogP contribution is -2.32. The molecule has 0 saturated heterocycles. The normalized spacial score (nSPS) is 18.1. The van der Waals surface area contributed by atoms with E-state index in [1.54, 1.807) is 0 Å². The van der Waals surface area contributed by atoms with Crippen molar-refractivity contribution in [2.45, 2.75) is 98.6 Å². The highest BCUT2D eigenvalue weighted by molar-refractivity contribution is 5.14. The summed E-state index contributed by atoms with van der Waals surface area (Å²) in [7, 11) is 0. The first-order chi connectivity index (χ1) is 9.78. The van der Waals surface area contributed by atoms with Crippen molar-refractivity contribution >= 4 is 0 Å². The molecule has 3 unspecified atom stereocenters. The molecular formula is C18H34O4. The number of rotatable bonds is 6. The molecule has 0 rings (SSSR count). The molecule has 0 aromatic rings. The summed E-state index contributed by atoms with van der Waals surface area (Å²) < 4.78 is 0. The van der Waals surface area contributed by atoms with Gasteiger partial charge in [0.25, 0.3) is 0 Å². The maximum atomic E-state index is 5.54. The number of hydrogen-bond acceptors (Lipinski definition) is 4. The molecule has 0 spiro atoms. The van der Waals surface area contributed by atoms with E-state index >= 15 is 0 Å². The van der Waals surface area contributed by atoms with Crippen LogP contribution in [0.2, 0.25) is 0 Å². The second-order valence-electron chi connectivity index (χ2n) is 7.92. The molecule has 0 aliphatic rings. The molecule has 0 fully saturated rings. The van der Waals surface area contributed by atoms with E-state index in [4.69, 9.17) is 19.6 Å². The van der Waals surface area contributed by atoms with Gasteiger partial charge in [-0.2, -0.15) is 0 Å². The molecule has 4 heteroatoms. The highest BCUT2D eigenvalue weighted by Gasteiger charge is 2.25. The summed E-state index contributed by atoms with van der Waals surface area (Å²) in [6.07, 6.45) is 0.604. The first-order valence-electron chi connectivity index (χ1n) is 8.02. The minimum absolute atomic E-state index is 0.0199. The van der Waals surface area contributed by atoms with Crippen LogP contribution in [0, 0.1) is 17.8 Å². The van der Waals surface area contributed by atoms with Gasteiger partial charge in [-0.1, -0.05) is 18.8 Å². The molecule has 0 saturated carbocycles. The summed E-state index contributed by atoms with van der Waals surface area (Å²) in [5.74, 6) is 6.37. The van der Waals surface area contributed by atoms with Crippen LogP contribution in [0.15, 0.2) is 0 Å². The van der Waals surface area contributed by atoms with Gasteiger partial charge in [0.1, 0.15) is 6.10 Å². The van der Waals surface area contributed by atoms with Crippen LogP contribution >= 0.6 is 0 Å². The van der Waals surface area contributed by atoms with Gasteiger partial charge in [0.05, 0.1) is 11.2 Å². The van der Waals surface area contributed by atoms with Crippen LogP contribution in [0.5, 0.6) is 0 Å². The molecule has 3 atom stereocenters. The molecule has 0 bridgehead atoms. The van der Waals surface area contributed by atoms with Crippen molar-refractivity contribution in [1.82, 2.24) is 0 Å². The molecule has 0 aromatic heterocycles. The Hall–Kier alpha value is -0.600. The Balaban J connectivity index is 4.65. The fraction of sp³-hybridized carbons (Fsp3) is 0.889. The van der Waals surface area contributed by atoms with Crippen molar-refractivity contribution in [2.24, 2.45) is 5.92 Å². The number of hydrogen-bond donors (Lipinski definition) is 0. The summed E-state index contributed by atoms with van der Waals surface area (Å²) >= 11 is 0. The lowest BCUT2D eigenvalue weighted by molar-refractivity contribution is -0.388. The molecular weight excluding hydrogens is 280 g/mol. The molecule has 0 aromatic carbocycles. The van der Waals surface area contributed by atoms with Crippen LogP contribution in [-0.4, -0.2) is 22.9 Å². The van der Waals surface area contributed by atoms with Gasteiger partial charge < -0.3 is 0 Å². The monoisotopic (exact) mass is 314 g/mol. The van der Waals surface area contributed by atoms with E-state index in [1.807, 2.05) is 69.2 Å². The van der Waals surface area contributed by atoms with Crippen molar-refractivity contribution in [1.29, 1.82) is 0 Å². The Morgan fingerprint density at radius 3 is 1.73 bits per heavy atom. The third-order valence-corrected chi connectivity index (χ3v) is 2.87. The average Bonchev–Trinajstić information content (AvgIpc) is 2.38. The highest BCUT2D eigenvalue weighted by atomic mass is 17.2. The maximum Gasteiger partial charge on any atom is 0.160 e. The zero-order valence-electron chi connectivity index (χ0n) is 16.0. The molecule has 22 heavy (non-hydrogen) atoms. The van der Waals surface area contributed by atoms with Crippen LogP contribution in [0.1, 0.15) is 75.7 Å². The lowest BCUT2D eigenvalue weighted by atomic mass is 10.0. The van der Waals surface area contributed by atoms with E-state index in [0.29, 0.717) is 0 Å². The summed E-state index contributed by atoms with van der Waals surface area (Å²) in [6, 6.07) is 0. The largest absolute Gasteiger partial charge is 0.232 e. The summed E-state index contributed by atoms with van der Waals surface area (Å²) in [5.41, 5.74) is -1.32. The quantitative estimate of drug-likeness (QED) is 0.405. The van der Waals surface area contributed by atoms with Crippen molar-refractivity contribution in [2.75, 3.05) is 0 Å². The second-order valence-corrected chi connectivity index (χ2v) is 7.92. The maximum absolute atomic E-state index is 5.54. The van der Waals surface area contributed by atoms with Crippen LogP contribution < -0.4 is 0 Å². The predicted molar refractivity (Wildman–Crippen MR) is 88.9 cm³/mol. The van der Waals surface area contributed by atoms with Gasteiger partial charge in [-0.3, -0.25) is 0 Å². The van der Waals surface area contributed by atoms with Gasteiger partial charge in [0.2, 0.25) is 0 Å². The van der Waals surface area contributed by atoms with Gasteiger partial charge in [-0.05, 0) is 68.7 Å². The molecule has 0 radical (unpaired) electrons. The summed E-state index contributed by atoms with van der Waals surface area (Å²) in [5, 5.41) is 0. The summed E-state index contributed by atoms with van der Waals surface area (Å²) in [6.45, 7) is 19.6. The van der Waals surface area contributed by atoms with E-state index < -0.39 is 5.60 Å². The summed E-state index contributed by atoms with van der Waals surface area (Å²) in [4.78, 5) is 21.7. The van der Waals surface area contributed by atoms with Gasteiger partial charge in [-0.15, -0.1) is 0 Å². The smallest absolute Gasteiger partial charge is 0.160 e. The Kier molecular flexibility index (Phi) is 8.08. The molecule has 4 nitrogen and oxygen atoms in total. The van der Waals surface area contributed by atoms with E-state index in [-0.39, 0.29) is 23.2 Å². The van der Waals surface area contributed by atoms with Crippen LogP contribution in [0.3, 0.4) is 0 Å². The third kappa shape index (κ3) is 10.2. The van der Waals surface area contributed by atoms with Crippen LogP contribution in [-0.2, 0) is 19.6 Å². The molecule has 0 N–H and O–H groups in total. The van der Waals surface area contributed by atoms with Gasteiger partial charge in [0, 0.05) is 5.92 Å². The van der Waals surface area contributed by atoms with Crippen molar-refractivity contribution in [3.8, 4) is 11.8 Å². The zero-order valence-corrected chi connectivity index (χ0v) is 16.0. The Morgan fingerprint density at radius 2 is 1.32 bits per heavy atom. The van der Waals surface area contributed by atoms with Gasteiger partial charge in [-0.25, -0.2) is 19.6 Å². The molecule has 0 aliphatic heterocycles. The average molecular weight is 314 g/mol. The Bertz CT molecular complexity index is 381. The van der Waals surface area contributed by atoms with Crippen molar-refractivity contribution < 1.29 is 19.6 Å². The SMILES string of the molecule is CCC(C)(C#CC(C)C(C)OOC(C)(C)C)OOC(C)(C)C. The fourth-order valence-electron chi connectivity index (χ4n) is 1.07. The molecule has 0 heterocycles. The van der Waals surface area contributed by atoms with Crippen molar-refractivity contribution in [3.05, 3.63) is 0 Å². The zero-order chi connectivity index (χ0) is 17.6. The van der Waals surface area contributed by atoms with E-state index in [0.717, 1.165) is 6.42 Å². The predicted octanol–water partition coefficient (Wildman–Crippen LogP) is 4.68. The lowest BCUT2D eigenvalue weighted by Gasteiger charge is -2.27. The first-order valence-corrected chi connectivity index (χ1v) is 8.02. The minimum Gasteiger partial charge on any atom is -0.232 e. The molecule has 130 valence electrons. The fourth-order valence-corrected chi connectivity index (χ4v) is 1.07. The van der Waals surface area contributed by atoms with Gasteiger partial charge >= 0.3 is 0 Å². The van der Waals surface area contributed by atoms with Crippen LogP contribution in [0.25, 0.3) is 0 Å². The van der Waals surface area contributed by atoms with E-state index in [2.05, 4.69) is 11.8 Å².